The molecule has 0 radical (unpaired) electrons. The third kappa shape index (κ3) is 3.00. The van der Waals surface area contributed by atoms with Gasteiger partial charge >= 0.3 is 0 Å². The summed E-state index contributed by atoms with van der Waals surface area (Å²) in [6, 6.07) is 14.7. The fraction of sp³-hybridized carbons (Fsp3) is 0.200. The summed E-state index contributed by atoms with van der Waals surface area (Å²) in [5.41, 5.74) is 3.35. The zero-order valence-electron chi connectivity index (χ0n) is 17.5. The van der Waals surface area contributed by atoms with Crippen molar-refractivity contribution in [3.05, 3.63) is 97.9 Å². The maximum atomic E-state index is 13.4. The zero-order valence-corrected chi connectivity index (χ0v) is 18.3. The van der Waals surface area contributed by atoms with E-state index in [0.29, 0.717) is 24.8 Å². The molecule has 8 heteroatoms. The molecule has 2 aliphatic heterocycles. The zero-order chi connectivity index (χ0) is 22.7. The minimum Gasteiger partial charge on any atom is -0.502 e. The molecule has 2 atom stereocenters. The Kier molecular flexibility index (Phi) is 4.57. The normalized spacial score (nSPS) is 21.1. The second kappa shape index (κ2) is 7.50. The van der Waals surface area contributed by atoms with Crippen LogP contribution in [0.3, 0.4) is 0 Å². The number of hydrogen-bond acceptors (Lipinski definition) is 5. The average molecular weight is 462 g/mol. The Morgan fingerprint density at radius 2 is 1.79 bits per heavy atom. The monoisotopic (exact) mass is 461 g/mol. The third-order valence-electron chi connectivity index (χ3n) is 6.52. The molecule has 0 bridgehead atoms. The van der Waals surface area contributed by atoms with E-state index in [0.717, 1.165) is 22.3 Å². The van der Waals surface area contributed by atoms with E-state index in [1.54, 1.807) is 15.8 Å². The molecule has 1 fully saturated rings. The molecule has 6 rings (SSSR count). The molecule has 3 aliphatic rings. The van der Waals surface area contributed by atoms with Crippen molar-refractivity contribution in [2.75, 3.05) is 24.8 Å². The van der Waals surface area contributed by atoms with Gasteiger partial charge in [-0.2, -0.15) is 0 Å². The Hall–Kier alpha value is -3.55. The van der Waals surface area contributed by atoms with Crippen LogP contribution in [0.2, 0.25) is 5.02 Å². The first-order valence-electron chi connectivity index (χ1n) is 10.7. The molecule has 3 heterocycles. The number of morpholine rings is 1. The highest BCUT2D eigenvalue weighted by Crippen LogP contribution is 2.41. The van der Waals surface area contributed by atoms with E-state index >= 15 is 0 Å². The van der Waals surface area contributed by atoms with Crippen LogP contribution in [0.15, 0.2) is 59.5 Å². The molecule has 7 nitrogen and oxygen atoms in total. The van der Waals surface area contributed by atoms with Crippen LogP contribution in [-0.2, 0) is 4.74 Å². The van der Waals surface area contributed by atoms with Gasteiger partial charge in [0.25, 0.3) is 5.91 Å². The predicted octanol–water partition coefficient (Wildman–Crippen LogP) is 3.23. The first kappa shape index (κ1) is 20.1. The van der Waals surface area contributed by atoms with Gasteiger partial charge in [0.05, 0.1) is 19.3 Å². The van der Waals surface area contributed by atoms with Gasteiger partial charge in [0.1, 0.15) is 6.17 Å². The number of fused-ring (bicyclic) bond motifs is 4. The van der Waals surface area contributed by atoms with Gasteiger partial charge in [0.15, 0.2) is 11.4 Å². The molecule has 2 aromatic carbocycles. The molecule has 1 unspecified atom stereocenters. The molecule has 0 spiro atoms. The van der Waals surface area contributed by atoms with E-state index in [2.05, 4.69) is 12.2 Å². The Bertz CT molecular complexity index is 1380. The Balaban J connectivity index is 1.67. The molecular formula is C25H20ClN3O4. The Morgan fingerprint density at radius 3 is 2.64 bits per heavy atom. The standard InChI is InChI=1S/C25H20ClN3O4/c26-17-8-7-16-6-5-15-3-1-2-4-18(15)22(19(16)13-17)29-21-14-33-12-11-27(21)25(32)23-24(31)20(30)9-10-28(23)29/h1-10,13,21-22,31H,11-12,14H2/t21-,22?/m1/s1. The summed E-state index contributed by atoms with van der Waals surface area (Å²) in [7, 11) is 0. The second-order valence-electron chi connectivity index (χ2n) is 8.29. The van der Waals surface area contributed by atoms with Crippen molar-refractivity contribution < 1.29 is 14.6 Å². The van der Waals surface area contributed by atoms with Gasteiger partial charge < -0.3 is 14.7 Å². The molecule has 3 aromatic rings. The van der Waals surface area contributed by atoms with E-state index in [-0.39, 0.29) is 17.6 Å². The second-order valence-corrected chi connectivity index (χ2v) is 8.73. The van der Waals surface area contributed by atoms with E-state index in [4.69, 9.17) is 16.3 Å². The lowest BCUT2D eigenvalue weighted by molar-refractivity contribution is -0.0197. The van der Waals surface area contributed by atoms with Crippen molar-refractivity contribution in [2.45, 2.75) is 12.2 Å². The van der Waals surface area contributed by atoms with E-state index < -0.39 is 17.3 Å². The van der Waals surface area contributed by atoms with Crippen LogP contribution >= 0.6 is 11.6 Å². The van der Waals surface area contributed by atoms with Crippen LogP contribution in [0.1, 0.15) is 38.8 Å². The lowest BCUT2D eigenvalue weighted by Crippen LogP contribution is -2.66. The number of carbonyl (C=O) groups excluding carboxylic acids is 1. The average Bonchev–Trinajstić information content (AvgIpc) is 2.98. The van der Waals surface area contributed by atoms with Gasteiger partial charge in [-0.05, 0) is 34.4 Å². The predicted molar refractivity (Wildman–Crippen MR) is 125 cm³/mol. The summed E-state index contributed by atoms with van der Waals surface area (Å²) < 4.78 is 7.40. The number of amides is 1. The number of halogens is 1. The molecule has 1 aromatic heterocycles. The lowest BCUT2D eigenvalue weighted by Gasteiger charge is -2.51. The van der Waals surface area contributed by atoms with Crippen molar-refractivity contribution in [3.8, 4) is 5.75 Å². The van der Waals surface area contributed by atoms with E-state index in [9.17, 15) is 14.7 Å². The molecule has 0 saturated carbocycles. The number of ether oxygens (including phenoxy) is 1. The number of benzene rings is 2. The Labute approximate surface area is 194 Å². The summed E-state index contributed by atoms with van der Waals surface area (Å²) >= 11 is 6.45. The smallest absolute Gasteiger partial charge is 0.278 e. The number of carbonyl (C=O) groups is 1. The SMILES string of the molecule is O=C1c2c(O)c(=O)ccn2N(C2c3ccccc3C=Cc3ccc(Cl)cc32)[C@@H]2COCCN12. The van der Waals surface area contributed by atoms with Crippen molar-refractivity contribution in [2.24, 2.45) is 0 Å². The van der Waals surface area contributed by atoms with Crippen molar-refractivity contribution in [1.29, 1.82) is 0 Å². The molecule has 1 amide bonds. The molecule has 1 aliphatic carbocycles. The number of hydrogen-bond donors (Lipinski definition) is 1. The first-order chi connectivity index (χ1) is 16.0. The fourth-order valence-electron chi connectivity index (χ4n) is 5.01. The van der Waals surface area contributed by atoms with Gasteiger partial charge in [-0.15, -0.1) is 0 Å². The fourth-order valence-corrected chi connectivity index (χ4v) is 5.19. The van der Waals surface area contributed by atoms with Gasteiger partial charge in [0, 0.05) is 23.8 Å². The maximum Gasteiger partial charge on any atom is 0.278 e. The highest BCUT2D eigenvalue weighted by Gasteiger charge is 2.45. The summed E-state index contributed by atoms with van der Waals surface area (Å²) in [4.78, 5) is 27.3. The van der Waals surface area contributed by atoms with Gasteiger partial charge in [-0.3, -0.25) is 19.3 Å². The highest BCUT2D eigenvalue weighted by molar-refractivity contribution is 6.30. The largest absolute Gasteiger partial charge is 0.502 e. The maximum absolute atomic E-state index is 13.4. The Morgan fingerprint density at radius 1 is 1.00 bits per heavy atom. The molecule has 1 saturated heterocycles. The van der Waals surface area contributed by atoms with Crippen molar-refractivity contribution in [1.82, 2.24) is 9.58 Å². The van der Waals surface area contributed by atoms with Crippen LogP contribution in [0.5, 0.6) is 5.75 Å². The number of pyridine rings is 1. The van der Waals surface area contributed by atoms with Gasteiger partial charge in [0.2, 0.25) is 5.43 Å². The van der Waals surface area contributed by atoms with Crippen molar-refractivity contribution in [3.63, 3.8) is 0 Å². The number of nitrogens with zero attached hydrogens (tertiary/aromatic N) is 3. The molecule has 33 heavy (non-hydrogen) atoms. The molecular weight excluding hydrogens is 442 g/mol. The van der Waals surface area contributed by atoms with E-state index in [1.165, 1.54) is 6.07 Å². The van der Waals surface area contributed by atoms with Crippen LogP contribution in [0, 0.1) is 0 Å². The van der Waals surface area contributed by atoms with Crippen molar-refractivity contribution >= 4 is 29.7 Å². The van der Waals surface area contributed by atoms with Crippen LogP contribution in [0.25, 0.3) is 12.2 Å². The highest BCUT2D eigenvalue weighted by atomic mass is 35.5. The van der Waals surface area contributed by atoms with Gasteiger partial charge in [-0.25, -0.2) is 0 Å². The summed E-state index contributed by atoms with van der Waals surface area (Å²) in [6.07, 6.45) is 5.23. The summed E-state index contributed by atoms with van der Waals surface area (Å²) in [5, 5.41) is 13.2. The summed E-state index contributed by atoms with van der Waals surface area (Å²) in [5.74, 6) is -0.940. The van der Waals surface area contributed by atoms with Gasteiger partial charge in [-0.1, -0.05) is 54.1 Å². The van der Waals surface area contributed by atoms with E-state index in [1.807, 2.05) is 47.5 Å². The quantitative estimate of drug-likeness (QED) is 0.602. The van der Waals surface area contributed by atoms with Crippen LogP contribution in [0.4, 0.5) is 0 Å². The molecule has 1 N–H and O–H groups in total. The lowest BCUT2D eigenvalue weighted by atomic mass is 9.92. The number of aromatic hydroxyl groups is 1. The summed E-state index contributed by atoms with van der Waals surface area (Å²) in [6.45, 7) is 1.04. The third-order valence-corrected chi connectivity index (χ3v) is 6.75. The minimum absolute atomic E-state index is 0.0427. The first-order valence-corrected chi connectivity index (χ1v) is 11.1. The molecule has 166 valence electrons. The minimum atomic E-state index is -0.590. The number of aromatic nitrogens is 1. The van der Waals surface area contributed by atoms with Crippen LogP contribution in [-0.4, -0.2) is 46.5 Å². The topological polar surface area (TPSA) is 75.0 Å². The van der Waals surface area contributed by atoms with Crippen LogP contribution < -0.4 is 10.4 Å². The number of rotatable bonds is 1.